The molecule has 25 heavy (non-hydrogen) atoms. The Kier molecular flexibility index (Phi) is 8.24. The Bertz CT molecular complexity index is 574. The Labute approximate surface area is 154 Å². The molecule has 6 nitrogen and oxygen atoms in total. The van der Waals surface area contributed by atoms with E-state index in [2.05, 4.69) is 16.0 Å². The molecule has 0 saturated carbocycles. The van der Waals surface area contributed by atoms with E-state index in [-0.39, 0.29) is 17.9 Å². The molecule has 138 valence electrons. The van der Waals surface area contributed by atoms with Gasteiger partial charge in [0.2, 0.25) is 5.91 Å². The van der Waals surface area contributed by atoms with E-state index < -0.39 is 0 Å². The molecule has 0 spiro atoms. The van der Waals surface area contributed by atoms with Crippen molar-refractivity contribution in [1.29, 1.82) is 0 Å². The fraction of sp³-hybridized carbons (Fsp3) is 0.556. The average Bonchev–Trinajstić information content (AvgIpc) is 2.61. The summed E-state index contributed by atoms with van der Waals surface area (Å²) in [6.07, 6.45) is 0.498. The molecule has 1 atom stereocenters. The molecule has 1 aromatic rings. The lowest BCUT2D eigenvalue weighted by atomic mass is 10.1. The second kappa shape index (κ2) is 10.4. The third-order valence-electron chi connectivity index (χ3n) is 3.95. The molecule has 0 radical (unpaired) electrons. The summed E-state index contributed by atoms with van der Waals surface area (Å²) >= 11 is 1.88. The Hall–Kier alpha value is -1.57. The van der Waals surface area contributed by atoms with Gasteiger partial charge in [0.1, 0.15) is 0 Å². The third kappa shape index (κ3) is 7.46. The van der Waals surface area contributed by atoms with Gasteiger partial charge in [-0.25, -0.2) is 0 Å². The molecule has 0 bridgehead atoms. The molecule has 0 aliphatic carbocycles. The number of benzene rings is 1. The van der Waals surface area contributed by atoms with Crippen molar-refractivity contribution in [3.63, 3.8) is 0 Å². The van der Waals surface area contributed by atoms with E-state index in [4.69, 9.17) is 0 Å². The molecule has 2 amide bonds. The summed E-state index contributed by atoms with van der Waals surface area (Å²) in [5.41, 5.74) is 1.55. The predicted octanol–water partition coefficient (Wildman–Crippen LogP) is 0.689. The first-order valence-electron chi connectivity index (χ1n) is 8.64. The summed E-state index contributed by atoms with van der Waals surface area (Å²) in [6.45, 7) is 2.82. The number of carbonyl (C=O) groups excluding carboxylic acids is 2. The van der Waals surface area contributed by atoms with Gasteiger partial charge in [-0.1, -0.05) is 12.1 Å². The Morgan fingerprint density at radius 1 is 1.32 bits per heavy atom. The van der Waals surface area contributed by atoms with E-state index in [1.807, 2.05) is 49.0 Å². The normalized spacial score (nSPS) is 17.3. The molecule has 1 saturated heterocycles. The number of carbonyl (C=O) groups is 2. The molecule has 2 rings (SSSR count). The van der Waals surface area contributed by atoms with Gasteiger partial charge in [-0.15, -0.1) is 0 Å². The van der Waals surface area contributed by atoms with E-state index in [1.165, 1.54) is 0 Å². The average molecular weight is 365 g/mol. The summed E-state index contributed by atoms with van der Waals surface area (Å²) in [5, 5.41) is 9.20. The first kappa shape index (κ1) is 19.8. The maximum atomic E-state index is 12.2. The molecule has 7 heteroatoms. The number of rotatable bonds is 8. The van der Waals surface area contributed by atoms with Crippen LogP contribution < -0.4 is 16.0 Å². The van der Waals surface area contributed by atoms with Crippen LogP contribution in [0, 0.1) is 0 Å². The second-order valence-electron chi connectivity index (χ2n) is 6.47. The van der Waals surface area contributed by atoms with Crippen molar-refractivity contribution in [1.82, 2.24) is 20.9 Å². The predicted molar refractivity (Wildman–Crippen MR) is 103 cm³/mol. The van der Waals surface area contributed by atoms with Crippen LogP contribution >= 0.6 is 11.8 Å². The van der Waals surface area contributed by atoms with Gasteiger partial charge in [-0.3, -0.25) is 9.59 Å². The summed E-state index contributed by atoms with van der Waals surface area (Å²) in [7, 11) is 3.94. The number of hydrogen-bond acceptors (Lipinski definition) is 5. The largest absolute Gasteiger partial charge is 0.352 e. The standard InChI is InChI=1S/C18H28N4O2S/c1-22(2)8-6-20-18(24)15-5-3-4-14(10-15)12-21-17(23)11-16-13-25-9-7-19-16/h3-5,10,16,19H,6-9,11-13H2,1-2H3,(H,20,24)(H,21,23). The summed E-state index contributed by atoms with van der Waals surface area (Å²) in [5.74, 6) is 2.05. The Balaban J connectivity index is 1.78. The number of nitrogens with one attached hydrogen (secondary N) is 3. The Morgan fingerprint density at radius 2 is 2.16 bits per heavy atom. The minimum Gasteiger partial charge on any atom is -0.352 e. The minimum absolute atomic E-state index is 0.0424. The molecule has 1 fully saturated rings. The van der Waals surface area contributed by atoms with Gasteiger partial charge in [0.05, 0.1) is 0 Å². The van der Waals surface area contributed by atoms with Crippen molar-refractivity contribution in [3.8, 4) is 0 Å². The molecule has 1 aliphatic rings. The van der Waals surface area contributed by atoms with Crippen molar-refractivity contribution in [2.75, 3.05) is 45.2 Å². The summed E-state index contributed by atoms with van der Waals surface area (Å²) < 4.78 is 0. The van der Waals surface area contributed by atoms with Crippen molar-refractivity contribution in [2.45, 2.75) is 19.0 Å². The molecule has 1 heterocycles. The van der Waals surface area contributed by atoms with Gasteiger partial charge in [0.15, 0.2) is 0 Å². The fourth-order valence-electron chi connectivity index (χ4n) is 2.57. The lowest BCUT2D eigenvalue weighted by Crippen LogP contribution is -2.41. The number of hydrogen-bond donors (Lipinski definition) is 3. The zero-order valence-electron chi connectivity index (χ0n) is 15.0. The van der Waals surface area contributed by atoms with Crippen molar-refractivity contribution in [2.24, 2.45) is 0 Å². The van der Waals surface area contributed by atoms with Crippen LogP contribution in [0.3, 0.4) is 0 Å². The van der Waals surface area contributed by atoms with Crippen LogP contribution in [0.2, 0.25) is 0 Å². The van der Waals surface area contributed by atoms with E-state index in [0.29, 0.717) is 25.1 Å². The quantitative estimate of drug-likeness (QED) is 0.633. The molecule has 3 N–H and O–H groups in total. The highest BCUT2D eigenvalue weighted by Crippen LogP contribution is 2.10. The SMILES string of the molecule is CN(C)CCNC(=O)c1cccc(CNC(=O)CC2CSCCN2)c1. The van der Waals surface area contributed by atoms with E-state index in [0.717, 1.165) is 30.2 Å². The third-order valence-corrected chi connectivity index (χ3v) is 5.08. The highest BCUT2D eigenvalue weighted by molar-refractivity contribution is 7.99. The first-order chi connectivity index (χ1) is 12.0. The van der Waals surface area contributed by atoms with E-state index in [9.17, 15) is 9.59 Å². The fourth-order valence-corrected chi connectivity index (χ4v) is 3.51. The number of thioether (sulfide) groups is 1. The number of nitrogens with zero attached hydrogens (tertiary/aromatic N) is 1. The van der Waals surface area contributed by atoms with Crippen LogP contribution in [-0.2, 0) is 11.3 Å². The Morgan fingerprint density at radius 3 is 2.88 bits per heavy atom. The topological polar surface area (TPSA) is 73.5 Å². The summed E-state index contributed by atoms with van der Waals surface area (Å²) in [6, 6.07) is 7.65. The highest BCUT2D eigenvalue weighted by Gasteiger charge is 2.16. The molecule has 1 aromatic carbocycles. The molecule has 0 aromatic heterocycles. The van der Waals surface area contributed by atoms with Gasteiger partial charge in [-0.05, 0) is 31.8 Å². The number of amides is 2. The maximum absolute atomic E-state index is 12.2. The van der Waals surface area contributed by atoms with Crippen LogP contribution in [0.25, 0.3) is 0 Å². The van der Waals surface area contributed by atoms with Crippen molar-refractivity contribution >= 4 is 23.6 Å². The van der Waals surface area contributed by atoms with Crippen LogP contribution in [0.5, 0.6) is 0 Å². The molecule has 1 unspecified atom stereocenters. The van der Waals surface area contributed by atoms with Gasteiger partial charge in [-0.2, -0.15) is 11.8 Å². The van der Waals surface area contributed by atoms with Gasteiger partial charge in [0, 0.05) is 55.7 Å². The van der Waals surface area contributed by atoms with E-state index >= 15 is 0 Å². The lowest BCUT2D eigenvalue weighted by molar-refractivity contribution is -0.121. The second-order valence-corrected chi connectivity index (χ2v) is 7.62. The highest BCUT2D eigenvalue weighted by atomic mass is 32.2. The zero-order valence-corrected chi connectivity index (χ0v) is 15.8. The summed E-state index contributed by atoms with van der Waals surface area (Å²) in [4.78, 5) is 26.2. The van der Waals surface area contributed by atoms with Crippen LogP contribution in [-0.4, -0.2) is 68.0 Å². The minimum atomic E-state index is -0.0848. The van der Waals surface area contributed by atoms with Crippen LogP contribution in [0.1, 0.15) is 22.3 Å². The van der Waals surface area contributed by atoms with E-state index in [1.54, 1.807) is 6.07 Å². The molecule has 1 aliphatic heterocycles. The van der Waals surface area contributed by atoms with Crippen LogP contribution in [0.15, 0.2) is 24.3 Å². The zero-order chi connectivity index (χ0) is 18.1. The molecular formula is C18H28N4O2S. The lowest BCUT2D eigenvalue weighted by Gasteiger charge is -2.22. The van der Waals surface area contributed by atoms with Crippen LogP contribution in [0.4, 0.5) is 0 Å². The van der Waals surface area contributed by atoms with Crippen molar-refractivity contribution in [3.05, 3.63) is 35.4 Å². The smallest absolute Gasteiger partial charge is 0.251 e. The monoisotopic (exact) mass is 364 g/mol. The van der Waals surface area contributed by atoms with Gasteiger partial charge >= 0.3 is 0 Å². The van der Waals surface area contributed by atoms with Gasteiger partial charge in [0.25, 0.3) is 5.91 Å². The molecular weight excluding hydrogens is 336 g/mol. The number of likely N-dealkylation sites (N-methyl/N-ethyl adjacent to an activating group) is 1. The van der Waals surface area contributed by atoms with Crippen molar-refractivity contribution < 1.29 is 9.59 Å². The maximum Gasteiger partial charge on any atom is 0.251 e. The first-order valence-corrected chi connectivity index (χ1v) is 9.80. The van der Waals surface area contributed by atoms with Gasteiger partial charge < -0.3 is 20.9 Å².